The van der Waals surface area contributed by atoms with E-state index >= 15 is 0 Å². The molecule has 2 amide bonds. The first kappa shape index (κ1) is 12.5. The van der Waals surface area contributed by atoms with Crippen molar-refractivity contribution in [3.8, 4) is 0 Å². The number of aryl methyl sites for hydroxylation is 1. The molecular formula is C13H19N3O3. The van der Waals surface area contributed by atoms with E-state index in [0.29, 0.717) is 19.7 Å². The first-order chi connectivity index (χ1) is 9.22. The van der Waals surface area contributed by atoms with Crippen LogP contribution < -0.4 is 10.6 Å². The number of carbonyl (C=O) groups excluding carboxylic acids is 1. The number of morpholine rings is 1. The van der Waals surface area contributed by atoms with E-state index in [-0.39, 0.29) is 18.1 Å². The summed E-state index contributed by atoms with van der Waals surface area (Å²) in [4.78, 5) is 13.8. The molecular weight excluding hydrogens is 246 g/mol. The molecule has 1 aromatic rings. The van der Waals surface area contributed by atoms with Crippen molar-refractivity contribution in [1.29, 1.82) is 0 Å². The van der Waals surface area contributed by atoms with Crippen LogP contribution in [0, 0.1) is 6.92 Å². The number of amides is 2. The van der Waals surface area contributed by atoms with Gasteiger partial charge in [0.25, 0.3) is 0 Å². The van der Waals surface area contributed by atoms with Crippen molar-refractivity contribution in [3.63, 3.8) is 0 Å². The van der Waals surface area contributed by atoms with Crippen LogP contribution in [0.3, 0.4) is 0 Å². The fourth-order valence-electron chi connectivity index (χ4n) is 2.55. The van der Waals surface area contributed by atoms with Gasteiger partial charge in [0.15, 0.2) is 0 Å². The highest BCUT2D eigenvalue weighted by Gasteiger charge is 2.33. The largest absolute Gasteiger partial charge is 0.464 e. The van der Waals surface area contributed by atoms with E-state index in [1.54, 1.807) is 0 Å². The van der Waals surface area contributed by atoms with Gasteiger partial charge < -0.3 is 24.7 Å². The van der Waals surface area contributed by atoms with E-state index in [4.69, 9.17) is 9.15 Å². The lowest BCUT2D eigenvalue weighted by Crippen LogP contribution is -2.49. The summed E-state index contributed by atoms with van der Waals surface area (Å²) in [6.07, 6.45) is 0. The van der Waals surface area contributed by atoms with E-state index in [1.165, 1.54) is 0 Å². The van der Waals surface area contributed by atoms with Crippen molar-refractivity contribution in [2.24, 2.45) is 0 Å². The molecule has 0 aromatic carbocycles. The second-order valence-electron chi connectivity index (χ2n) is 5.08. The van der Waals surface area contributed by atoms with Crippen molar-refractivity contribution in [1.82, 2.24) is 15.5 Å². The highest BCUT2D eigenvalue weighted by atomic mass is 16.5. The summed E-state index contributed by atoms with van der Waals surface area (Å²) >= 11 is 0. The van der Waals surface area contributed by atoms with Crippen LogP contribution in [-0.2, 0) is 4.74 Å². The summed E-state index contributed by atoms with van der Waals surface area (Å²) in [5.74, 6) is 1.69. The molecule has 0 radical (unpaired) electrons. The summed E-state index contributed by atoms with van der Waals surface area (Å²) in [7, 11) is 0. The van der Waals surface area contributed by atoms with Crippen LogP contribution in [0.4, 0.5) is 4.79 Å². The quantitative estimate of drug-likeness (QED) is 0.842. The summed E-state index contributed by atoms with van der Waals surface area (Å²) in [5, 5.41) is 6.30. The molecule has 3 rings (SSSR count). The Morgan fingerprint density at radius 2 is 2.37 bits per heavy atom. The molecule has 2 saturated heterocycles. The Morgan fingerprint density at radius 3 is 3.05 bits per heavy atom. The van der Waals surface area contributed by atoms with Crippen LogP contribution in [0.5, 0.6) is 0 Å². The molecule has 6 heteroatoms. The highest BCUT2D eigenvalue weighted by Crippen LogP contribution is 2.22. The molecule has 0 spiro atoms. The smallest absolute Gasteiger partial charge is 0.318 e. The predicted octanol–water partition coefficient (Wildman–Crippen LogP) is 0.643. The molecule has 0 bridgehead atoms. The van der Waals surface area contributed by atoms with Gasteiger partial charge in [-0.1, -0.05) is 0 Å². The molecule has 2 N–H and O–H groups in total. The first-order valence-electron chi connectivity index (χ1n) is 6.65. The zero-order valence-electron chi connectivity index (χ0n) is 11.0. The second-order valence-corrected chi connectivity index (χ2v) is 5.08. The normalized spacial score (nSPS) is 27.6. The van der Waals surface area contributed by atoms with Gasteiger partial charge in [0, 0.05) is 19.1 Å². The number of urea groups is 1. The van der Waals surface area contributed by atoms with Crippen molar-refractivity contribution in [2.45, 2.75) is 19.0 Å². The molecule has 2 fully saturated rings. The van der Waals surface area contributed by atoms with E-state index in [2.05, 4.69) is 10.6 Å². The molecule has 3 heterocycles. The molecule has 2 aliphatic heterocycles. The highest BCUT2D eigenvalue weighted by molar-refractivity contribution is 5.77. The number of hydrogen-bond acceptors (Lipinski definition) is 4. The summed E-state index contributed by atoms with van der Waals surface area (Å²) < 4.78 is 11.0. The Hall–Kier alpha value is -1.53. The van der Waals surface area contributed by atoms with E-state index < -0.39 is 0 Å². The molecule has 2 atom stereocenters. The zero-order valence-corrected chi connectivity index (χ0v) is 11.0. The summed E-state index contributed by atoms with van der Waals surface area (Å²) in [6.45, 7) is 5.47. The lowest BCUT2D eigenvalue weighted by atomic mass is 10.2. The minimum absolute atomic E-state index is 0.0357. The number of nitrogens with one attached hydrogen (secondary N) is 2. The Morgan fingerprint density at radius 1 is 1.47 bits per heavy atom. The third-order valence-electron chi connectivity index (χ3n) is 3.53. The Balaban J connectivity index is 1.60. The van der Waals surface area contributed by atoms with Crippen molar-refractivity contribution >= 4 is 6.03 Å². The van der Waals surface area contributed by atoms with Gasteiger partial charge in [-0.2, -0.15) is 0 Å². The first-order valence-corrected chi connectivity index (χ1v) is 6.65. The third-order valence-corrected chi connectivity index (χ3v) is 3.53. The van der Waals surface area contributed by atoms with Gasteiger partial charge in [0.2, 0.25) is 0 Å². The Kier molecular flexibility index (Phi) is 3.44. The third kappa shape index (κ3) is 2.74. The molecule has 0 aliphatic carbocycles. The number of nitrogens with zero attached hydrogens (tertiary/aromatic N) is 1. The molecule has 0 saturated carbocycles. The van der Waals surface area contributed by atoms with Gasteiger partial charge in [0.1, 0.15) is 17.6 Å². The molecule has 1 aromatic heterocycles. The molecule has 19 heavy (non-hydrogen) atoms. The SMILES string of the molecule is Cc1ccc(C2CN(CC3COCCN3)C(=O)N2)o1. The maximum atomic E-state index is 11.9. The number of carbonyl (C=O) groups is 1. The fraction of sp³-hybridized carbons (Fsp3) is 0.615. The number of ether oxygens (including phenoxy) is 1. The minimum Gasteiger partial charge on any atom is -0.464 e. The van der Waals surface area contributed by atoms with Crippen LogP contribution in [0.25, 0.3) is 0 Å². The topological polar surface area (TPSA) is 66.7 Å². The van der Waals surface area contributed by atoms with Gasteiger partial charge in [-0.25, -0.2) is 4.79 Å². The fourth-order valence-corrected chi connectivity index (χ4v) is 2.55. The van der Waals surface area contributed by atoms with E-state index in [9.17, 15) is 4.79 Å². The number of hydrogen-bond donors (Lipinski definition) is 2. The average molecular weight is 265 g/mol. The Bertz CT molecular complexity index is 454. The van der Waals surface area contributed by atoms with Crippen LogP contribution in [-0.4, -0.2) is 49.8 Å². The van der Waals surface area contributed by atoms with Gasteiger partial charge in [0.05, 0.1) is 19.8 Å². The maximum absolute atomic E-state index is 11.9. The summed E-state index contributed by atoms with van der Waals surface area (Å²) in [5.41, 5.74) is 0. The van der Waals surface area contributed by atoms with Gasteiger partial charge in [-0.3, -0.25) is 0 Å². The standard InChI is InChI=1S/C13H19N3O3/c1-9-2-3-12(19-9)11-7-16(13(17)15-11)6-10-8-18-5-4-14-10/h2-3,10-11,14H,4-8H2,1H3,(H,15,17). The van der Waals surface area contributed by atoms with Crippen LogP contribution in [0.1, 0.15) is 17.6 Å². The molecule has 2 aliphatic rings. The van der Waals surface area contributed by atoms with Gasteiger partial charge >= 0.3 is 6.03 Å². The maximum Gasteiger partial charge on any atom is 0.318 e. The van der Waals surface area contributed by atoms with Crippen molar-refractivity contribution in [3.05, 3.63) is 23.7 Å². The van der Waals surface area contributed by atoms with Crippen LogP contribution in [0.15, 0.2) is 16.5 Å². The van der Waals surface area contributed by atoms with E-state index in [1.807, 2.05) is 24.0 Å². The zero-order chi connectivity index (χ0) is 13.2. The predicted molar refractivity (Wildman–Crippen MR) is 68.9 cm³/mol. The molecule has 104 valence electrons. The monoisotopic (exact) mass is 265 g/mol. The molecule has 2 unspecified atom stereocenters. The molecule has 6 nitrogen and oxygen atoms in total. The summed E-state index contributed by atoms with van der Waals surface area (Å²) in [6, 6.07) is 3.97. The second kappa shape index (κ2) is 5.22. The lowest BCUT2D eigenvalue weighted by molar-refractivity contribution is 0.0678. The number of furan rings is 1. The van der Waals surface area contributed by atoms with E-state index in [0.717, 1.165) is 24.7 Å². The lowest BCUT2D eigenvalue weighted by Gasteiger charge is -2.27. The van der Waals surface area contributed by atoms with Gasteiger partial charge in [-0.05, 0) is 19.1 Å². The number of rotatable bonds is 3. The average Bonchev–Trinajstić information content (AvgIpc) is 2.98. The van der Waals surface area contributed by atoms with Crippen molar-refractivity contribution in [2.75, 3.05) is 32.8 Å². The Labute approximate surface area is 112 Å². The van der Waals surface area contributed by atoms with Crippen molar-refractivity contribution < 1.29 is 13.9 Å². The van der Waals surface area contributed by atoms with Crippen LogP contribution >= 0.6 is 0 Å². The van der Waals surface area contributed by atoms with Crippen LogP contribution in [0.2, 0.25) is 0 Å². The van der Waals surface area contributed by atoms with Gasteiger partial charge in [-0.15, -0.1) is 0 Å². The minimum atomic E-state index is -0.0503.